The van der Waals surface area contributed by atoms with Crippen LogP contribution in [0.25, 0.3) is 11.4 Å². The van der Waals surface area contributed by atoms with E-state index in [0.717, 1.165) is 18.7 Å². The monoisotopic (exact) mass is 371 g/mol. The van der Waals surface area contributed by atoms with E-state index in [-0.39, 0.29) is 0 Å². The molecule has 3 rings (SSSR count). The van der Waals surface area contributed by atoms with Crippen molar-refractivity contribution in [2.45, 2.75) is 13.1 Å². The molecule has 0 aliphatic carbocycles. The first-order valence-electron chi connectivity index (χ1n) is 8.14. The highest BCUT2D eigenvalue weighted by molar-refractivity contribution is 7.09. The van der Waals surface area contributed by atoms with Crippen LogP contribution >= 0.6 is 11.3 Å². The minimum atomic E-state index is 0.495. The van der Waals surface area contributed by atoms with Crippen molar-refractivity contribution < 1.29 is 14.0 Å². The van der Waals surface area contributed by atoms with Gasteiger partial charge in [0.2, 0.25) is 11.7 Å². The zero-order valence-corrected chi connectivity index (χ0v) is 15.7. The Morgan fingerprint density at radius 2 is 2.12 bits per heavy atom. The number of thiophene rings is 1. The quantitative estimate of drug-likeness (QED) is 0.530. The van der Waals surface area contributed by atoms with Crippen LogP contribution in [-0.2, 0) is 13.1 Å². The van der Waals surface area contributed by atoms with Gasteiger partial charge < -0.3 is 14.0 Å². The number of hydrogen-bond acceptors (Lipinski definition) is 7. The molecule has 0 saturated carbocycles. The Morgan fingerprint density at radius 3 is 2.81 bits per heavy atom. The maximum atomic E-state index is 5.45. The fourth-order valence-corrected chi connectivity index (χ4v) is 3.34. The molecule has 0 bridgehead atoms. The third-order valence-corrected chi connectivity index (χ3v) is 4.68. The first kappa shape index (κ1) is 18.2. The number of methoxy groups -OCH3 is 2. The topological polar surface area (TPSA) is 60.6 Å². The summed E-state index contributed by atoms with van der Waals surface area (Å²) in [6.07, 6.45) is 1.87. The van der Waals surface area contributed by atoms with Gasteiger partial charge in [-0.2, -0.15) is 4.98 Å². The number of aromatic nitrogens is 2. The number of hydrogen-bond donors (Lipinski definition) is 0. The molecule has 0 N–H and O–H groups in total. The molecule has 2 aromatic heterocycles. The largest absolute Gasteiger partial charge is 0.497 e. The zero-order chi connectivity index (χ0) is 18.4. The predicted octanol–water partition coefficient (Wildman–Crippen LogP) is 4.00. The van der Waals surface area contributed by atoms with Gasteiger partial charge in [0.1, 0.15) is 11.5 Å². The Hall–Kier alpha value is -2.64. The first-order chi connectivity index (χ1) is 12.7. The molecular weight excluding hydrogens is 350 g/mol. The van der Waals surface area contributed by atoms with E-state index in [2.05, 4.69) is 33.1 Å². The van der Waals surface area contributed by atoms with E-state index in [1.807, 2.05) is 24.3 Å². The second-order valence-electron chi connectivity index (χ2n) is 5.62. The summed E-state index contributed by atoms with van der Waals surface area (Å²) in [5.74, 6) is 2.39. The smallest absolute Gasteiger partial charge is 0.241 e. The van der Waals surface area contributed by atoms with Crippen LogP contribution in [0.5, 0.6) is 11.5 Å². The molecule has 0 aliphatic rings. The van der Waals surface area contributed by atoms with Crippen molar-refractivity contribution >= 4 is 11.3 Å². The molecule has 2 heterocycles. The second kappa shape index (κ2) is 8.64. The van der Waals surface area contributed by atoms with E-state index < -0.39 is 0 Å². The van der Waals surface area contributed by atoms with Gasteiger partial charge >= 0.3 is 0 Å². The summed E-state index contributed by atoms with van der Waals surface area (Å²) in [4.78, 5) is 8.00. The minimum absolute atomic E-state index is 0.495. The lowest BCUT2D eigenvalue weighted by molar-refractivity contribution is 0.241. The van der Waals surface area contributed by atoms with Gasteiger partial charge in [0.05, 0.1) is 26.3 Å². The van der Waals surface area contributed by atoms with E-state index in [4.69, 9.17) is 14.0 Å². The van der Waals surface area contributed by atoms with Crippen molar-refractivity contribution in [1.82, 2.24) is 15.0 Å². The van der Waals surface area contributed by atoms with Crippen molar-refractivity contribution in [3.05, 3.63) is 59.1 Å². The lowest BCUT2D eigenvalue weighted by atomic mass is 10.2. The van der Waals surface area contributed by atoms with Crippen LogP contribution in [0, 0.1) is 0 Å². The summed E-state index contributed by atoms with van der Waals surface area (Å²) in [6, 6.07) is 9.66. The van der Waals surface area contributed by atoms with Crippen LogP contribution in [0.4, 0.5) is 0 Å². The van der Waals surface area contributed by atoms with Gasteiger partial charge in [-0.15, -0.1) is 17.9 Å². The highest BCUT2D eigenvalue weighted by Crippen LogP contribution is 2.31. The Balaban J connectivity index is 1.77. The van der Waals surface area contributed by atoms with Gasteiger partial charge in [-0.25, -0.2) is 0 Å². The maximum absolute atomic E-state index is 5.45. The Morgan fingerprint density at radius 1 is 1.23 bits per heavy atom. The third-order valence-electron chi connectivity index (χ3n) is 3.82. The Kier molecular flexibility index (Phi) is 6.04. The molecule has 0 unspecified atom stereocenters. The highest BCUT2D eigenvalue weighted by atomic mass is 32.1. The number of ether oxygens (including phenoxy) is 2. The molecule has 0 spiro atoms. The normalized spacial score (nSPS) is 10.9. The standard InChI is InChI=1S/C19H21N3O3S/c1-4-9-22(12-15-6-5-10-26-15)13-18-20-19(21-25-18)16-8-7-14(23-2)11-17(16)24-3/h4-8,10-11H,1,9,12-13H2,2-3H3. The fraction of sp³-hybridized carbons (Fsp3) is 0.263. The van der Waals surface area contributed by atoms with E-state index in [1.165, 1.54) is 4.88 Å². The number of rotatable bonds is 9. The van der Waals surface area contributed by atoms with Crippen LogP contribution in [0.1, 0.15) is 10.8 Å². The molecule has 0 saturated heterocycles. The summed E-state index contributed by atoms with van der Waals surface area (Å²) < 4.78 is 16.1. The van der Waals surface area contributed by atoms with Crippen molar-refractivity contribution in [2.24, 2.45) is 0 Å². The molecule has 0 atom stereocenters. The molecule has 0 fully saturated rings. The third kappa shape index (κ3) is 4.30. The van der Waals surface area contributed by atoms with Crippen LogP contribution in [0.3, 0.4) is 0 Å². The molecule has 1 aromatic carbocycles. The van der Waals surface area contributed by atoms with E-state index in [1.54, 1.807) is 31.6 Å². The summed E-state index contributed by atoms with van der Waals surface area (Å²) in [5.41, 5.74) is 0.761. The average molecular weight is 371 g/mol. The summed E-state index contributed by atoms with van der Waals surface area (Å²) in [5, 5.41) is 6.18. The SMILES string of the molecule is C=CCN(Cc1nc(-c2ccc(OC)cc2OC)no1)Cc1cccs1. The number of nitrogens with zero attached hydrogens (tertiary/aromatic N) is 3. The van der Waals surface area contributed by atoms with Crippen LogP contribution in [0.2, 0.25) is 0 Å². The zero-order valence-electron chi connectivity index (χ0n) is 14.8. The Labute approximate surface area is 156 Å². The highest BCUT2D eigenvalue weighted by Gasteiger charge is 2.16. The predicted molar refractivity (Wildman–Crippen MR) is 101 cm³/mol. The van der Waals surface area contributed by atoms with E-state index in [9.17, 15) is 0 Å². The van der Waals surface area contributed by atoms with Crippen molar-refractivity contribution in [1.29, 1.82) is 0 Å². The van der Waals surface area contributed by atoms with Gasteiger partial charge in [-0.05, 0) is 23.6 Å². The van der Waals surface area contributed by atoms with Gasteiger partial charge in [-0.3, -0.25) is 4.90 Å². The lowest BCUT2D eigenvalue weighted by Gasteiger charge is -2.17. The summed E-state index contributed by atoms with van der Waals surface area (Å²) >= 11 is 1.73. The van der Waals surface area contributed by atoms with Crippen molar-refractivity contribution in [2.75, 3.05) is 20.8 Å². The molecule has 7 heteroatoms. The second-order valence-corrected chi connectivity index (χ2v) is 6.65. The average Bonchev–Trinajstić information content (AvgIpc) is 3.33. The molecular formula is C19H21N3O3S. The lowest BCUT2D eigenvalue weighted by Crippen LogP contribution is -2.22. The molecule has 26 heavy (non-hydrogen) atoms. The van der Waals surface area contributed by atoms with E-state index in [0.29, 0.717) is 29.8 Å². The molecule has 0 aliphatic heterocycles. The number of benzene rings is 1. The Bertz CT molecular complexity index is 846. The first-order valence-corrected chi connectivity index (χ1v) is 9.02. The van der Waals surface area contributed by atoms with Crippen molar-refractivity contribution in [3.63, 3.8) is 0 Å². The van der Waals surface area contributed by atoms with Gasteiger partial charge in [0.25, 0.3) is 0 Å². The van der Waals surface area contributed by atoms with Crippen LogP contribution in [0.15, 0.2) is 52.9 Å². The van der Waals surface area contributed by atoms with Gasteiger partial charge in [-0.1, -0.05) is 17.3 Å². The molecule has 3 aromatic rings. The molecule has 6 nitrogen and oxygen atoms in total. The fourth-order valence-electron chi connectivity index (χ4n) is 2.59. The molecule has 0 radical (unpaired) electrons. The van der Waals surface area contributed by atoms with Gasteiger partial charge in [0, 0.05) is 24.0 Å². The van der Waals surface area contributed by atoms with Gasteiger partial charge in [0.15, 0.2) is 0 Å². The molecule has 136 valence electrons. The molecule has 0 amide bonds. The minimum Gasteiger partial charge on any atom is -0.497 e. The summed E-state index contributed by atoms with van der Waals surface area (Å²) in [6.45, 7) is 5.93. The maximum Gasteiger partial charge on any atom is 0.241 e. The van der Waals surface area contributed by atoms with Crippen molar-refractivity contribution in [3.8, 4) is 22.9 Å². The summed E-state index contributed by atoms with van der Waals surface area (Å²) in [7, 11) is 3.22. The van der Waals surface area contributed by atoms with E-state index >= 15 is 0 Å². The van der Waals surface area contributed by atoms with Crippen LogP contribution in [-0.4, -0.2) is 35.8 Å². The van der Waals surface area contributed by atoms with Crippen LogP contribution < -0.4 is 9.47 Å².